The number of benzene rings is 1. The summed E-state index contributed by atoms with van der Waals surface area (Å²) in [6.07, 6.45) is 5.07. The Kier molecular flexibility index (Phi) is 3.05. The van der Waals surface area contributed by atoms with Gasteiger partial charge in [-0.05, 0) is 62.8 Å². The topological polar surface area (TPSA) is 29.3 Å². The first-order valence-electron chi connectivity index (χ1n) is 6.95. The Balaban J connectivity index is 1.98. The van der Waals surface area contributed by atoms with Gasteiger partial charge in [0, 0.05) is 12.7 Å². The molecule has 3 rings (SSSR count). The van der Waals surface area contributed by atoms with E-state index < -0.39 is 0 Å². The predicted octanol–water partition coefficient (Wildman–Crippen LogP) is 3.94. The van der Waals surface area contributed by atoms with Gasteiger partial charge in [-0.3, -0.25) is 0 Å². The predicted molar refractivity (Wildman–Crippen MR) is 77.1 cm³/mol. The molecule has 1 heterocycles. The minimum Gasteiger partial charge on any atom is -0.359 e. The highest BCUT2D eigenvalue weighted by Gasteiger charge is 2.17. The summed E-state index contributed by atoms with van der Waals surface area (Å²) in [6.45, 7) is 3.95. The van der Waals surface area contributed by atoms with Crippen molar-refractivity contribution in [3.8, 4) is 0 Å². The van der Waals surface area contributed by atoms with Crippen LogP contribution in [0, 0.1) is 13.8 Å². The second kappa shape index (κ2) is 4.72. The van der Waals surface area contributed by atoms with Crippen LogP contribution < -0.4 is 4.90 Å². The van der Waals surface area contributed by atoms with Crippen LogP contribution in [0.5, 0.6) is 0 Å². The molecule has 0 saturated carbocycles. The number of fused-ring (bicyclic) bond motifs is 1. The number of hydrogen-bond acceptors (Lipinski definition) is 3. The lowest BCUT2D eigenvalue weighted by molar-refractivity contribution is 0.393. The van der Waals surface area contributed by atoms with Crippen LogP contribution >= 0.6 is 0 Å². The van der Waals surface area contributed by atoms with E-state index in [1.54, 1.807) is 0 Å². The molecule has 0 saturated heterocycles. The number of rotatable bonds is 2. The van der Waals surface area contributed by atoms with Gasteiger partial charge < -0.3 is 9.42 Å². The van der Waals surface area contributed by atoms with Crippen molar-refractivity contribution in [1.29, 1.82) is 0 Å². The number of aromatic nitrogens is 1. The molecule has 0 radical (unpaired) electrons. The average molecular weight is 256 g/mol. The van der Waals surface area contributed by atoms with E-state index in [-0.39, 0.29) is 0 Å². The van der Waals surface area contributed by atoms with E-state index >= 15 is 0 Å². The van der Waals surface area contributed by atoms with Crippen molar-refractivity contribution in [2.45, 2.75) is 39.5 Å². The molecule has 1 aliphatic carbocycles. The Morgan fingerprint density at radius 1 is 1.11 bits per heavy atom. The Morgan fingerprint density at radius 2 is 1.84 bits per heavy atom. The Morgan fingerprint density at radius 3 is 2.53 bits per heavy atom. The summed E-state index contributed by atoms with van der Waals surface area (Å²) in [5, 5.41) is 4.03. The zero-order chi connectivity index (χ0) is 13.4. The smallest absolute Gasteiger partial charge is 0.157 e. The van der Waals surface area contributed by atoms with Crippen molar-refractivity contribution in [2.75, 3.05) is 11.9 Å². The quantitative estimate of drug-likeness (QED) is 0.815. The standard InChI is InChI=1S/C16H20N2O/c1-11-16(12(2)19-17-11)18(3)15-9-8-13-6-4-5-7-14(13)10-15/h8-10H,4-7H2,1-3H3. The van der Waals surface area contributed by atoms with Crippen LogP contribution in [0.1, 0.15) is 35.4 Å². The average Bonchev–Trinajstić information content (AvgIpc) is 2.77. The maximum atomic E-state index is 5.26. The van der Waals surface area contributed by atoms with Gasteiger partial charge in [-0.15, -0.1) is 0 Å². The number of aryl methyl sites for hydroxylation is 4. The minimum absolute atomic E-state index is 0.873. The van der Waals surface area contributed by atoms with Crippen LogP contribution in [0.2, 0.25) is 0 Å². The molecule has 0 amide bonds. The summed E-state index contributed by atoms with van der Waals surface area (Å²) in [5.41, 5.74) is 6.26. The van der Waals surface area contributed by atoms with Gasteiger partial charge >= 0.3 is 0 Å². The van der Waals surface area contributed by atoms with Gasteiger partial charge in [-0.2, -0.15) is 0 Å². The van der Waals surface area contributed by atoms with Crippen molar-refractivity contribution in [3.05, 3.63) is 40.8 Å². The molecule has 2 aromatic rings. The SMILES string of the molecule is Cc1noc(C)c1N(C)c1ccc2c(c1)CCCC2. The molecule has 3 nitrogen and oxygen atoms in total. The molecule has 0 spiro atoms. The molecule has 1 aliphatic rings. The Bertz CT molecular complexity index is 581. The van der Waals surface area contributed by atoms with Crippen LogP contribution in [-0.4, -0.2) is 12.2 Å². The second-order valence-electron chi connectivity index (χ2n) is 5.39. The number of hydrogen-bond donors (Lipinski definition) is 0. The van der Waals surface area contributed by atoms with Crippen LogP contribution in [0.15, 0.2) is 22.7 Å². The highest BCUT2D eigenvalue weighted by atomic mass is 16.5. The molecule has 0 unspecified atom stereocenters. The van der Waals surface area contributed by atoms with Crippen molar-refractivity contribution in [3.63, 3.8) is 0 Å². The van der Waals surface area contributed by atoms with Crippen molar-refractivity contribution in [2.24, 2.45) is 0 Å². The normalized spacial score (nSPS) is 14.3. The lowest BCUT2D eigenvalue weighted by atomic mass is 9.91. The van der Waals surface area contributed by atoms with Crippen molar-refractivity contribution >= 4 is 11.4 Å². The number of anilines is 2. The molecular formula is C16H20N2O. The lowest BCUT2D eigenvalue weighted by Crippen LogP contribution is -2.12. The van der Waals surface area contributed by atoms with Gasteiger partial charge in [0.25, 0.3) is 0 Å². The third-order valence-corrected chi connectivity index (χ3v) is 4.05. The maximum Gasteiger partial charge on any atom is 0.157 e. The highest BCUT2D eigenvalue weighted by Crippen LogP contribution is 2.32. The van der Waals surface area contributed by atoms with Gasteiger partial charge in [0.1, 0.15) is 11.4 Å². The van der Waals surface area contributed by atoms with Gasteiger partial charge in [0.05, 0.1) is 0 Å². The molecule has 1 aromatic carbocycles. The first-order valence-corrected chi connectivity index (χ1v) is 6.95. The molecule has 19 heavy (non-hydrogen) atoms. The summed E-state index contributed by atoms with van der Waals surface area (Å²) >= 11 is 0. The van der Waals surface area contributed by atoms with E-state index in [1.807, 2.05) is 13.8 Å². The van der Waals surface area contributed by atoms with Crippen LogP contribution in [0.25, 0.3) is 0 Å². The molecule has 0 atom stereocenters. The lowest BCUT2D eigenvalue weighted by Gasteiger charge is -2.22. The van der Waals surface area contributed by atoms with Crippen molar-refractivity contribution < 1.29 is 4.52 Å². The molecule has 100 valence electrons. The second-order valence-corrected chi connectivity index (χ2v) is 5.39. The van der Waals surface area contributed by atoms with Gasteiger partial charge in [0.2, 0.25) is 0 Å². The molecule has 0 N–H and O–H groups in total. The fourth-order valence-corrected chi connectivity index (χ4v) is 3.01. The minimum atomic E-state index is 0.873. The summed E-state index contributed by atoms with van der Waals surface area (Å²) in [5.74, 6) is 0.873. The van der Waals surface area contributed by atoms with E-state index in [0.717, 1.165) is 17.1 Å². The molecule has 0 fully saturated rings. The fourth-order valence-electron chi connectivity index (χ4n) is 3.01. The van der Waals surface area contributed by atoms with Gasteiger partial charge in [-0.25, -0.2) is 0 Å². The number of nitrogens with zero attached hydrogens (tertiary/aromatic N) is 2. The van der Waals surface area contributed by atoms with E-state index in [4.69, 9.17) is 4.52 Å². The van der Waals surface area contributed by atoms with E-state index in [1.165, 1.54) is 42.5 Å². The highest BCUT2D eigenvalue weighted by molar-refractivity contribution is 5.67. The molecule has 1 aromatic heterocycles. The first-order chi connectivity index (χ1) is 9.16. The first kappa shape index (κ1) is 12.3. The Hall–Kier alpha value is -1.77. The molecule has 0 aliphatic heterocycles. The third kappa shape index (κ3) is 2.14. The van der Waals surface area contributed by atoms with Crippen LogP contribution in [0.3, 0.4) is 0 Å². The summed E-state index contributed by atoms with van der Waals surface area (Å²) in [4.78, 5) is 2.18. The maximum absolute atomic E-state index is 5.26. The van der Waals surface area contributed by atoms with E-state index in [2.05, 4.69) is 35.3 Å². The van der Waals surface area contributed by atoms with E-state index in [9.17, 15) is 0 Å². The molecular weight excluding hydrogens is 236 g/mol. The largest absolute Gasteiger partial charge is 0.359 e. The van der Waals surface area contributed by atoms with Gasteiger partial charge in [-0.1, -0.05) is 11.2 Å². The monoisotopic (exact) mass is 256 g/mol. The summed E-state index contributed by atoms with van der Waals surface area (Å²) < 4.78 is 5.26. The van der Waals surface area contributed by atoms with Crippen LogP contribution in [0.4, 0.5) is 11.4 Å². The Labute approximate surface area is 114 Å². The van der Waals surface area contributed by atoms with Gasteiger partial charge in [0.15, 0.2) is 5.76 Å². The summed E-state index contributed by atoms with van der Waals surface area (Å²) in [6, 6.07) is 6.80. The van der Waals surface area contributed by atoms with Crippen LogP contribution in [-0.2, 0) is 12.8 Å². The fraction of sp³-hybridized carbons (Fsp3) is 0.438. The third-order valence-electron chi connectivity index (χ3n) is 4.05. The van der Waals surface area contributed by atoms with Crippen molar-refractivity contribution in [1.82, 2.24) is 5.16 Å². The zero-order valence-corrected chi connectivity index (χ0v) is 11.9. The molecule has 3 heteroatoms. The summed E-state index contributed by atoms with van der Waals surface area (Å²) in [7, 11) is 2.08. The zero-order valence-electron chi connectivity index (χ0n) is 11.9. The molecule has 0 bridgehead atoms. The van der Waals surface area contributed by atoms with E-state index in [0.29, 0.717) is 0 Å².